The standard InChI is InChI=1S/C30H23N5O5/c1-16-15-17(35(39)40)12-13-21(16)33-27(37)24-23-11-6-14-32(23)30(25(24)28(33)38)19-8-3-5-10-22(19)34-26(36)18-7-2-4-9-20(18)31-29(30)34/h2-5,7-10,12-13,15,23-25H,6,11,14H2,1H3/t23-,24+,25-,30+/m1/s1. The SMILES string of the molecule is Cc1cc([N+](=O)[O-])ccc1N1C(=O)[C@H]2[C@H]3CCCN3[C@@]3(c4ccccc4-n4c3nc3ccccc3c4=O)[C@H]2C1=O. The van der Waals surface area contributed by atoms with Crippen molar-refractivity contribution in [3.63, 3.8) is 0 Å². The van der Waals surface area contributed by atoms with Gasteiger partial charge in [-0.15, -0.1) is 0 Å². The summed E-state index contributed by atoms with van der Waals surface area (Å²) in [5.41, 5.74) is 1.45. The van der Waals surface area contributed by atoms with Gasteiger partial charge in [0.1, 0.15) is 11.4 Å². The van der Waals surface area contributed by atoms with Gasteiger partial charge in [-0.1, -0.05) is 30.3 Å². The number of nitrogens with zero attached hydrogens (tertiary/aromatic N) is 5. The van der Waals surface area contributed by atoms with Gasteiger partial charge in [0.15, 0.2) is 0 Å². The van der Waals surface area contributed by atoms with Crippen LogP contribution in [0.15, 0.2) is 71.5 Å². The molecule has 10 heteroatoms. The Kier molecular flexibility index (Phi) is 4.47. The fraction of sp³-hybridized carbons (Fsp3) is 0.267. The Labute approximate surface area is 227 Å². The van der Waals surface area contributed by atoms with Crippen LogP contribution < -0.4 is 10.5 Å². The first-order chi connectivity index (χ1) is 19.4. The molecule has 8 rings (SSSR count). The average Bonchev–Trinajstić information content (AvgIpc) is 3.66. The number of amides is 2. The van der Waals surface area contributed by atoms with Crippen LogP contribution in [0.2, 0.25) is 0 Å². The number of para-hydroxylation sites is 2. The van der Waals surface area contributed by atoms with Crippen molar-refractivity contribution in [1.82, 2.24) is 14.5 Å². The van der Waals surface area contributed by atoms with E-state index in [1.807, 2.05) is 30.3 Å². The second-order valence-corrected chi connectivity index (χ2v) is 11.0. The maximum absolute atomic E-state index is 14.6. The van der Waals surface area contributed by atoms with Gasteiger partial charge in [-0.05, 0) is 56.1 Å². The first kappa shape index (κ1) is 23.2. The molecule has 0 N–H and O–H groups in total. The summed E-state index contributed by atoms with van der Waals surface area (Å²) in [4.78, 5) is 62.1. The Morgan fingerprint density at radius 1 is 0.975 bits per heavy atom. The van der Waals surface area contributed by atoms with Crippen molar-refractivity contribution >= 4 is 34.1 Å². The number of nitro benzene ring substituents is 1. The molecule has 3 saturated heterocycles. The molecule has 1 spiro atoms. The van der Waals surface area contributed by atoms with Crippen LogP contribution in [0.1, 0.15) is 29.8 Å². The molecule has 1 aromatic heterocycles. The van der Waals surface area contributed by atoms with Crippen molar-refractivity contribution in [1.29, 1.82) is 0 Å². The number of carbonyl (C=O) groups excluding carboxylic acids is 2. The molecule has 4 aromatic rings. The molecule has 5 heterocycles. The highest BCUT2D eigenvalue weighted by molar-refractivity contribution is 6.23. The molecule has 10 nitrogen and oxygen atoms in total. The molecule has 40 heavy (non-hydrogen) atoms. The quantitative estimate of drug-likeness (QED) is 0.220. The molecule has 198 valence electrons. The molecule has 0 aliphatic carbocycles. The van der Waals surface area contributed by atoms with Gasteiger partial charge in [0.05, 0.1) is 39.0 Å². The number of aromatic nitrogens is 2. The summed E-state index contributed by atoms with van der Waals surface area (Å²) >= 11 is 0. The Hall–Kier alpha value is -4.70. The van der Waals surface area contributed by atoms with Crippen molar-refractivity contribution in [2.24, 2.45) is 11.8 Å². The summed E-state index contributed by atoms with van der Waals surface area (Å²) in [6.07, 6.45) is 1.60. The molecule has 4 atom stereocenters. The third-order valence-corrected chi connectivity index (χ3v) is 9.27. The topological polar surface area (TPSA) is 119 Å². The van der Waals surface area contributed by atoms with Crippen LogP contribution in [-0.4, -0.2) is 43.8 Å². The number of anilines is 1. The van der Waals surface area contributed by atoms with Gasteiger partial charge < -0.3 is 0 Å². The number of hydrogen-bond acceptors (Lipinski definition) is 7. The number of aryl methyl sites for hydroxylation is 1. The predicted octanol–water partition coefficient (Wildman–Crippen LogP) is 3.44. The van der Waals surface area contributed by atoms with E-state index in [0.717, 1.165) is 18.4 Å². The number of non-ortho nitro benzene ring substituents is 1. The third kappa shape index (κ3) is 2.57. The number of carbonyl (C=O) groups is 2. The van der Waals surface area contributed by atoms with Gasteiger partial charge in [0.25, 0.3) is 11.2 Å². The summed E-state index contributed by atoms with van der Waals surface area (Å²) < 4.78 is 1.63. The summed E-state index contributed by atoms with van der Waals surface area (Å²) in [7, 11) is 0. The zero-order valence-corrected chi connectivity index (χ0v) is 21.5. The van der Waals surface area contributed by atoms with Crippen molar-refractivity contribution in [3.05, 3.63) is 104 Å². The van der Waals surface area contributed by atoms with Crippen molar-refractivity contribution in [2.75, 3.05) is 11.4 Å². The Balaban J connectivity index is 1.41. The van der Waals surface area contributed by atoms with Gasteiger partial charge in [-0.2, -0.15) is 0 Å². The van der Waals surface area contributed by atoms with E-state index in [0.29, 0.717) is 40.2 Å². The maximum atomic E-state index is 14.6. The van der Waals surface area contributed by atoms with Crippen molar-refractivity contribution < 1.29 is 14.5 Å². The van der Waals surface area contributed by atoms with Gasteiger partial charge in [0, 0.05) is 23.7 Å². The maximum Gasteiger partial charge on any atom is 0.269 e. The van der Waals surface area contributed by atoms with Crippen LogP contribution in [0, 0.1) is 28.9 Å². The molecule has 0 saturated carbocycles. The van der Waals surface area contributed by atoms with E-state index in [1.165, 1.54) is 23.1 Å². The van der Waals surface area contributed by atoms with E-state index < -0.39 is 22.3 Å². The van der Waals surface area contributed by atoms with Gasteiger partial charge in [-0.25, -0.2) is 9.88 Å². The lowest BCUT2D eigenvalue weighted by Gasteiger charge is -2.38. The fourth-order valence-electron chi connectivity index (χ4n) is 7.86. The molecule has 4 aliphatic rings. The number of fused-ring (bicyclic) bond motifs is 11. The Morgan fingerprint density at radius 3 is 2.55 bits per heavy atom. The van der Waals surface area contributed by atoms with Gasteiger partial charge in [-0.3, -0.25) is 34.0 Å². The zero-order chi connectivity index (χ0) is 27.5. The van der Waals surface area contributed by atoms with Gasteiger partial charge >= 0.3 is 0 Å². The summed E-state index contributed by atoms with van der Waals surface area (Å²) in [5, 5.41) is 11.8. The number of nitro groups is 1. The minimum atomic E-state index is -1.10. The molecule has 3 fully saturated rings. The van der Waals surface area contributed by atoms with E-state index in [2.05, 4.69) is 4.90 Å². The Morgan fingerprint density at radius 2 is 1.75 bits per heavy atom. The number of benzene rings is 3. The second-order valence-electron chi connectivity index (χ2n) is 11.0. The van der Waals surface area contributed by atoms with E-state index in [4.69, 9.17) is 4.98 Å². The van der Waals surface area contributed by atoms with E-state index in [-0.39, 0.29) is 29.1 Å². The lowest BCUT2D eigenvalue weighted by atomic mass is 9.75. The average molecular weight is 534 g/mol. The van der Waals surface area contributed by atoms with Crippen LogP contribution in [-0.2, 0) is 15.1 Å². The highest BCUT2D eigenvalue weighted by Gasteiger charge is 2.73. The number of imide groups is 1. The van der Waals surface area contributed by atoms with Crippen LogP contribution >= 0.6 is 0 Å². The summed E-state index contributed by atoms with van der Waals surface area (Å²) in [6, 6.07) is 18.8. The minimum Gasteiger partial charge on any atom is -0.283 e. The van der Waals surface area contributed by atoms with Crippen LogP contribution in [0.3, 0.4) is 0 Å². The van der Waals surface area contributed by atoms with Crippen LogP contribution in [0.25, 0.3) is 16.6 Å². The molecule has 4 aliphatic heterocycles. The summed E-state index contributed by atoms with van der Waals surface area (Å²) in [6.45, 7) is 2.34. The minimum absolute atomic E-state index is 0.104. The van der Waals surface area contributed by atoms with E-state index in [1.54, 1.807) is 29.7 Å². The highest BCUT2D eigenvalue weighted by atomic mass is 16.6. The monoisotopic (exact) mass is 533 g/mol. The first-order valence-corrected chi connectivity index (χ1v) is 13.4. The molecule has 0 bridgehead atoms. The Bertz CT molecular complexity index is 1900. The molecule has 2 amide bonds. The number of rotatable bonds is 2. The lowest BCUT2D eigenvalue weighted by Crippen LogP contribution is -2.51. The first-order valence-electron chi connectivity index (χ1n) is 13.4. The molecular formula is C30H23N5O5. The van der Waals surface area contributed by atoms with Gasteiger partial charge in [0.2, 0.25) is 11.8 Å². The van der Waals surface area contributed by atoms with E-state index >= 15 is 0 Å². The molecular weight excluding hydrogens is 510 g/mol. The summed E-state index contributed by atoms with van der Waals surface area (Å²) in [5.74, 6) is -1.64. The third-order valence-electron chi connectivity index (χ3n) is 9.27. The molecule has 3 aromatic carbocycles. The molecule has 0 radical (unpaired) electrons. The number of hydrogen-bond donors (Lipinski definition) is 0. The second kappa shape index (κ2) is 7.70. The van der Waals surface area contributed by atoms with Crippen molar-refractivity contribution in [2.45, 2.75) is 31.3 Å². The fourth-order valence-corrected chi connectivity index (χ4v) is 7.86. The molecule has 0 unspecified atom stereocenters. The van der Waals surface area contributed by atoms with E-state index in [9.17, 15) is 24.5 Å². The van der Waals surface area contributed by atoms with Crippen LogP contribution in [0.5, 0.6) is 0 Å². The predicted molar refractivity (Wildman–Crippen MR) is 145 cm³/mol. The highest BCUT2D eigenvalue weighted by Crippen LogP contribution is 2.62. The largest absolute Gasteiger partial charge is 0.283 e. The lowest BCUT2D eigenvalue weighted by molar-refractivity contribution is -0.384. The smallest absolute Gasteiger partial charge is 0.269 e. The normalized spacial score (nSPS) is 26.4. The van der Waals surface area contributed by atoms with Crippen molar-refractivity contribution in [3.8, 4) is 5.69 Å². The zero-order valence-electron chi connectivity index (χ0n) is 21.5. The van der Waals surface area contributed by atoms with Crippen LogP contribution in [0.4, 0.5) is 11.4 Å².